The van der Waals surface area contributed by atoms with Gasteiger partial charge in [0.05, 0.1) is 16.1 Å². The molecule has 0 unspecified atom stereocenters. The number of fused-ring (bicyclic) bond motifs is 1. The van der Waals surface area contributed by atoms with E-state index in [1.807, 2.05) is 6.07 Å². The molecule has 0 spiro atoms. The van der Waals surface area contributed by atoms with Gasteiger partial charge in [-0.25, -0.2) is 18.0 Å². The summed E-state index contributed by atoms with van der Waals surface area (Å²) in [6.07, 6.45) is 0. The molecule has 3 aromatic carbocycles. The van der Waals surface area contributed by atoms with E-state index in [0.717, 1.165) is 10.9 Å². The van der Waals surface area contributed by atoms with Gasteiger partial charge in [0, 0.05) is 24.1 Å². The van der Waals surface area contributed by atoms with Gasteiger partial charge in [-0.15, -0.1) is 0 Å². The van der Waals surface area contributed by atoms with Crippen LogP contribution in [-0.4, -0.2) is 20.9 Å². The number of carbonyl (C=O) groups excluding carboxylic acids is 1. The Morgan fingerprint density at radius 3 is 2.33 bits per heavy atom. The van der Waals surface area contributed by atoms with Crippen molar-refractivity contribution < 1.29 is 22.4 Å². The van der Waals surface area contributed by atoms with Gasteiger partial charge in [0.1, 0.15) is 11.3 Å². The maximum absolute atomic E-state index is 13.1. The van der Waals surface area contributed by atoms with Crippen LogP contribution in [0.3, 0.4) is 0 Å². The van der Waals surface area contributed by atoms with E-state index in [2.05, 4.69) is 0 Å². The van der Waals surface area contributed by atoms with E-state index >= 15 is 0 Å². The van der Waals surface area contributed by atoms with Crippen LogP contribution in [0.15, 0.2) is 93.0 Å². The van der Waals surface area contributed by atoms with E-state index in [1.165, 1.54) is 40.7 Å². The first-order valence-electron chi connectivity index (χ1n) is 10.2. The Morgan fingerprint density at radius 2 is 1.67 bits per heavy atom. The van der Waals surface area contributed by atoms with E-state index in [4.69, 9.17) is 9.15 Å². The second kappa shape index (κ2) is 8.91. The van der Waals surface area contributed by atoms with Crippen molar-refractivity contribution in [3.63, 3.8) is 0 Å². The average molecular weight is 464 g/mol. The highest BCUT2D eigenvalue weighted by Crippen LogP contribution is 2.25. The minimum Gasteiger partial charge on any atom is -0.423 e. The molecule has 0 aliphatic heterocycles. The van der Waals surface area contributed by atoms with Crippen molar-refractivity contribution in [2.24, 2.45) is 0 Å². The molecule has 0 aliphatic rings. The van der Waals surface area contributed by atoms with Crippen molar-refractivity contribution >= 4 is 32.6 Å². The minimum absolute atomic E-state index is 0.0627. The van der Waals surface area contributed by atoms with Gasteiger partial charge in [0.2, 0.25) is 0 Å². The number of sulfonamides is 1. The van der Waals surface area contributed by atoms with Gasteiger partial charge in [-0.05, 0) is 67.9 Å². The summed E-state index contributed by atoms with van der Waals surface area (Å²) in [6, 6.07) is 20.5. The molecular weight excluding hydrogens is 442 g/mol. The highest BCUT2D eigenvalue weighted by molar-refractivity contribution is 7.92. The van der Waals surface area contributed by atoms with E-state index in [1.54, 1.807) is 50.2 Å². The van der Waals surface area contributed by atoms with E-state index < -0.39 is 21.6 Å². The van der Waals surface area contributed by atoms with Crippen molar-refractivity contribution in [3.8, 4) is 5.75 Å². The fourth-order valence-electron chi connectivity index (χ4n) is 3.51. The van der Waals surface area contributed by atoms with Gasteiger partial charge >= 0.3 is 11.6 Å². The summed E-state index contributed by atoms with van der Waals surface area (Å²) in [7, 11) is -3.80. The number of benzene rings is 3. The molecule has 4 aromatic rings. The lowest BCUT2D eigenvalue weighted by Gasteiger charge is -2.22. The van der Waals surface area contributed by atoms with Crippen LogP contribution in [0.25, 0.3) is 11.0 Å². The zero-order valence-electron chi connectivity index (χ0n) is 18.0. The zero-order valence-corrected chi connectivity index (χ0v) is 18.8. The molecule has 0 fully saturated rings. The van der Waals surface area contributed by atoms with Crippen LogP contribution in [0.1, 0.15) is 22.8 Å². The maximum atomic E-state index is 13.1. The van der Waals surface area contributed by atoms with Crippen LogP contribution in [0, 0.1) is 6.92 Å². The summed E-state index contributed by atoms with van der Waals surface area (Å²) >= 11 is 0. The van der Waals surface area contributed by atoms with Gasteiger partial charge in [-0.3, -0.25) is 4.31 Å². The molecule has 168 valence electrons. The summed E-state index contributed by atoms with van der Waals surface area (Å²) < 4.78 is 38.0. The molecule has 7 nitrogen and oxygen atoms in total. The van der Waals surface area contributed by atoms with Crippen molar-refractivity contribution in [2.75, 3.05) is 10.8 Å². The summed E-state index contributed by atoms with van der Waals surface area (Å²) in [4.78, 5) is 24.3. The molecule has 0 atom stereocenters. The van der Waals surface area contributed by atoms with Crippen molar-refractivity contribution in [2.45, 2.75) is 18.7 Å². The molecule has 0 N–H and O–H groups in total. The first-order chi connectivity index (χ1) is 15.8. The fourth-order valence-corrected chi connectivity index (χ4v) is 4.98. The second-order valence-electron chi connectivity index (χ2n) is 7.33. The topological polar surface area (TPSA) is 93.9 Å². The van der Waals surface area contributed by atoms with Gasteiger partial charge < -0.3 is 9.15 Å². The number of rotatable bonds is 6. The Kier molecular flexibility index (Phi) is 6.02. The molecule has 1 aromatic heterocycles. The van der Waals surface area contributed by atoms with Crippen molar-refractivity contribution in [1.82, 2.24) is 0 Å². The number of anilines is 1. The van der Waals surface area contributed by atoms with Crippen LogP contribution >= 0.6 is 0 Å². The molecule has 0 saturated heterocycles. The monoisotopic (exact) mass is 463 g/mol. The van der Waals surface area contributed by atoms with Gasteiger partial charge in [0.15, 0.2) is 0 Å². The first-order valence-corrected chi connectivity index (χ1v) is 11.7. The number of ether oxygens (including phenoxy) is 1. The zero-order chi connectivity index (χ0) is 23.6. The predicted molar refractivity (Wildman–Crippen MR) is 125 cm³/mol. The Morgan fingerprint density at radius 1 is 0.970 bits per heavy atom. The van der Waals surface area contributed by atoms with E-state index in [9.17, 15) is 18.0 Å². The average Bonchev–Trinajstić information content (AvgIpc) is 2.80. The largest absolute Gasteiger partial charge is 0.423 e. The molecule has 0 radical (unpaired) electrons. The Hall–Kier alpha value is -3.91. The standard InChI is InChI=1S/C25H21NO6S/c1-3-26(19-7-5-4-6-8-19)33(29,30)21-12-9-18(10-13-21)25(28)31-20-11-14-22-17(2)15-24(27)32-23(22)16-20/h4-16H,3H2,1-2H3. The number of hydrogen-bond donors (Lipinski definition) is 0. The molecule has 0 amide bonds. The summed E-state index contributed by atoms with van der Waals surface area (Å²) in [5.74, 6) is -0.456. The van der Waals surface area contributed by atoms with Crippen LogP contribution in [0.4, 0.5) is 5.69 Å². The molecule has 33 heavy (non-hydrogen) atoms. The molecule has 0 saturated carbocycles. The third-order valence-electron chi connectivity index (χ3n) is 5.14. The Labute approximate surface area is 190 Å². The highest BCUT2D eigenvalue weighted by Gasteiger charge is 2.24. The van der Waals surface area contributed by atoms with Crippen molar-refractivity contribution in [1.29, 1.82) is 0 Å². The second-order valence-corrected chi connectivity index (χ2v) is 9.19. The normalized spacial score (nSPS) is 11.3. The van der Waals surface area contributed by atoms with Crippen molar-refractivity contribution in [3.05, 3.63) is 100 Å². The van der Waals surface area contributed by atoms with Crippen LogP contribution in [0.2, 0.25) is 0 Å². The first kappa shape index (κ1) is 22.3. The highest BCUT2D eigenvalue weighted by atomic mass is 32.2. The third kappa shape index (κ3) is 4.51. The molecule has 4 rings (SSSR count). The quantitative estimate of drug-likeness (QED) is 0.237. The molecule has 8 heteroatoms. The maximum Gasteiger partial charge on any atom is 0.343 e. The third-order valence-corrected chi connectivity index (χ3v) is 7.06. The lowest BCUT2D eigenvalue weighted by molar-refractivity contribution is 0.0735. The Balaban J connectivity index is 1.56. The lowest BCUT2D eigenvalue weighted by Crippen LogP contribution is -2.30. The molecular formula is C25H21NO6S. The summed E-state index contributed by atoms with van der Waals surface area (Å²) in [6.45, 7) is 3.80. The van der Waals surface area contributed by atoms with Crippen LogP contribution < -0.4 is 14.7 Å². The summed E-state index contributed by atoms with van der Waals surface area (Å²) in [5, 5.41) is 0.739. The number of hydrogen-bond acceptors (Lipinski definition) is 6. The molecule has 1 heterocycles. The van der Waals surface area contributed by atoms with Gasteiger partial charge in [-0.1, -0.05) is 18.2 Å². The lowest BCUT2D eigenvalue weighted by atomic mass is 10.1. The smallest absolute Gasteiger partial charge is 0.343 e. The molecule has 0 aliphatic carbocycles. The predicted octanol–water partition coefficient (Wildman–Crippen LogP) is 4.54. The summed E-state index contributed by atoms with van der Waals surface area (Å²) in [5.41, 5.74) is 1.32. The number of nitrogens with zero attached hydrogens (tertiary/aromatic N) is 1. The number of aryl methyl sites for hydroxylation is 1. The van der Waals surface area contributed by atoms with Gasteiger partial charge in [-0.2, -0.15) is 0 Å². The van der Waals surface area contributed by atoms with Crippen LogP contribution in [-0.2, 0) is 10.0 Å². The number of esters is 1. The van der Waals surface area contributed by atoms with E-state index in [0.29, 0.717) is 11.3 Å². The molecule has 0 bridgehead atoms. The van der Waals surface area contributed by atoms with Gasteiger partial charge in [0.25, 0.3) is 10.0 Å². The minimum atomic E-state index is -3.80. The fraction of sp³-hybridized carbons (Fsp3) is 0.120. The van der Waals surface area contributed by atoms with E-state index in [-0.39, 0.29) is 22.8 Å². The number of para-hydroxylation sites is 1. The SMILES string of the molecule is CCN(c1ccccc1)S(=O)(=O)c1ccc(C(=O)Oc2ccc3c(C)cc(=O)oc3c2)cc1. The van der Waals surface area contributed by atoms with Crippen LogP contribution in [0.5, 0.6) is 5.75 Å². The Bertz CT molecular complexity index is 1480. The number of carbonyl (C=O) groups is 1.